The van der Waals surface area contributed by atoms with Crippen LogP contribution in [0.3, 0.4) is 0 Å². The molecule has 1 saturated heterocycles. The van der Waals surface area contributed by atoms with E-state index in [-0.39, 0.29) is 5.75 Å². The van der Waals surface area contributed by atoms with Gasteiger partial charge in [-0.25, -0.2) is 18.0 Å². The van der Waals surface area contributed by atoms with Gasteiger partial charge in [-0.3, -0.25) is 0 Å². The molecule has 0 aliphatic carbocycles. The molecule has 1 aliphatic heterocycles. The summed E-state index contributed by atoms with van der Waals surface area (Å²) < 4.78 is 29.6. The van der Waals surface area contributed by atoms with Crippen LogP contribution in [0.1, 0.15) is 31.7 Å². The summed E-state index contributed by atoms with van der Waals surface area (Å²) in [6.45, 7) is 5.12. The Labute approximate surface area is 213 Å². The highest BCUT2D eigenvalue weighted by Crippen LogP contribution is 2.23. The number of aliphatic carboxylic acids is 2. The van der Waals surface area contributed by atoms with Gasteiger partial charge < -0.3 is 19.8 Å². The zero-order valence-electron chi connectivity index (χ0n) is 20.8. The second-order valence-electron chi connectivity index (χ2n) is 8.67. The van der Waals surface area contributed by atoms with Crippen molar-refractivity contribution in [1.29, 1.82) is 0 Å². The smallest absolute Gasteiger partial charge is 0.328 e. The second kappa shape index (κ2) is 14.5. The molecule has 0 spiro atoms. The number of nitrogens with zero attached hydrogens (tertiary/aromatic N) is 1. The predicted molar refractivity (Wildman–Crippen MR) is 139 cm³/mol. The number of benzene rings is 2. The molecular formula is C27H35NO7S. The van der Waals surface area contributed by atoms with Crippen molar-refractivity contribution in [1.82, 2.24) is 4.90 Å². The van der Waals surface area contributed by atoms with Crippen LogP contribution in [0.4, 0.5) is 0 Å². The van der Waals surface area contributed by atoms with Crippen molar-refractivity contribution in [3.8, 4) is 11.1 Å². The van der Waals surface area contributed by atoms with Gasteiger partial charge in [0, 0.05) is 38.5 Å². The van der Waals surface area contributed by atoms with E-state index in [4.69, 9.17) is 14.9 Å². The SMILES string of the molecule is COCCCS(=O)(=O)c1ccc(-c2ccc(CCN3CCCC3C)cc2)cc1.O=C(O)C=CC(=O)O. The Morgan fingerprint density at radius 3 is 2.03 bits per heavy atom. The highest BCUT2D eigenvalue weighted by atomic mass is 32.2. The van der Waals surface area contributed by atoms with Gasteiger partial charge in [-0.05, 0) is 68.0 Å². The van der Waals surface area contributed by atoms with Crippen LogP contribution >= 0.6 is 0 Å². The lowest BCUT2D eigenvalue weighted by molar-refractivity contribution is -0.134. The molecule has 0 bridgehead atoms. The Hall–Kier alpha value is -3.01. The van der Waals surface area contributed by atoms with Crippen molar-refractivity contribution in [3.63, 3.8) is 0 Å². The Balaban J connectivity index is 0.000000493. The van der Waals surface area contributed by atoms with Gasteiger partial charge >= 0.3 is 11.9 Å². The lowest BCUT2D eigenvalue weighted by Crippen LogP contribution is -2.28. The minimum Gasteiger partial charge on any atom is -0.478 e. The Kier molecular flexibility index (Phi) is 11.8. The first-order valence-corrected chi connectivity index (χ1v) is 13.6. The molecule has 2 aromatic rings. The number of carboxylic acid groups (broad SMARTS) is 2. The number of carboxylic acids is 2. The average molecular weight is 518 g/mol. The zero-order valence-corrected chi connectivity index (χ0v) is 21.6. The molecule has 0 aromatic heterocycles. The number of likely N-dealkylation sites (tertiary alicyclic amines) is 1. The summed E-state index contributed by atoms with van der Waals surface area (Å²) in [6, 6.07) is 16.5. The van der Waals surface area contributed by atoms with E-state index in [9.17, 15) is 18.0 Å². The maximum Gasteiger partial charge on any atom is 0.328 e. The molecule has 1 heterocycles. The third-order valence-electron chi connectivity index (χ3n) is 6.01. The van der Waals surface area contributed by atoms with Gasteiger partial charge in [0.1, 0.15) is 0 Å². The third-order valence-corrected chi connectivity index (χ3v) is 7.83. The van der Waals surface area contributed by atoms with Crippen molar-refractivity contribution in [3.05, 3.63) is 66.2 Å². The fraction of sp³-hybridized carbons (Fsp3) is 0.407. The van der Waals surface area contributed by atoms with Crippen LogP contribution in [0, 0.1) is 0 Å². The molecule has 1 aliphatic rings. The van der Waals surface area contributed by atoms with Crippen LogP contribution in [0.25, 0.3) is 11.1 Å². The van der Waals surface area contributed by atoms with Crippen LogP contribution < -0.4 is 0 Å². The van der Waals surface area contributed by atoms with Crippen molar-refractivity contribution in [2.45, 2.75) is 43.5 Å². The second-order valence-corrected chi connectivity index (χ2v) is 10.8. The van der Waals surface area contributed by atoms with Crippen molar-refractivity contribution < 1.29 is 33.0 Å². The predicted octanol–water partition coefficient (Wildman–Crippen LogP) is 3.90. The molecule has 196 valence electrons. The number of hydrogen-bond acceptors (Lipinski definition) is 6. The van der Waals surface area contributed by atoms with Crippen molar-refractivity contribution in [2.75, 3.05) is 32.6 Å². The summed E-state index contributed by atoms with van der Waals surface area (Å²) in [4.78, 5) is 22.1. The van der Waals surface area contributed by atoms with E-state index in [0.29, 0.717) is 36.1 Å². The molecule has 3 rings (SSSR count). The molecular weight excluding hydrogens is 482 g/mol. The summed E-state index contributed by atoms with van der Waals surface area (Å²) in [7, 11) is -1.66. The summed E-state index contributed by atoms with van der Waals surface area (Å²) >= 11 is 0. The number of carbonyl (C=O) groups is 2. The molecule has 2 N–H and O–H groups in total. The summed E-state index contributed by atoms with van der Waals surface area (Å²) in [5, 5.41) is 15.6. The standard InChI is InChI=1S/C23H31NO3S.C4H4O4/c1-19-5-3-15-24(19)16-14-20-6-8-21(9-7-20)22-10-12-23(13-11-22)28(25,26)18-4-17-27-2;5-3(6)1-2-4(7)8/h6-13,19H,3-5,14-18H2,1-2H3;1-2H,(H,5,6)(H,7,8). The molecule has 1 unspecified atom stereocenters. The van der Waals surface area contributed by atoms with Gasteiger partial charge in [0.2, 0.25) is 0 Å². The Morgan fingerprint density at radius 1 is 1.00 bits per heavy atom. The Bertz CT molecular complexity index is 1090. The molecule has 0 amide bonds. The molecule has 1 atom stereocenters. The van der Waals surface area contributed by atoms with Crippen LogP contribution in [-0.4, -0.2) is 74.1 Å². The van der Waals surface area contributed by atoms with Gasteiger partial charge in [0.05, 0.1) is 10.6 Å². The van der Waals surface area contributed by atoms with Gasteiger partial charge in [-0.1, -0.05) is 36.4 Å². The van der Waals surface area contributed by atoms with Crippen LogP contribution in [0.5, 0.6) is 0 Å². The molecule has 0 radical (unpaired) electrons. The highest BCUT2D eigenvalue weighted by Gasteiger charge is 2.19. The number of rotatable bonds is 11. The molecule has 1 fully saturated rings. The Morgan fingerprint density at radius 2 is 1.56 bits per heavy atom. The number of ether oxygens (including phenoxy) is 1. The normalized spacial score (nSPS) is 16.0. The number of hydrogen-bond donors (Lipinski definition) is 2. The first kappa shape index (κ1) is 29.2. The third kappa shape index (κ3) is 9.93. The summed E-state index contributed by atoms with van der Waals surface area (Å²) in [5.74, 6) is -2.40. The lowest BCUT2D eigenvalue weighted by atomic mass is 10.0. The van der Waals surface area contributed by atoms with Crippen LogP contribution in [0.2, 0.25) is 0 Å². The summed E-state index contributed by atoms with van der Waals surface area (Å²) in [6.07, 6.45) is 5.33. The first-order chi connectivity index (χ1) is 17.1. The van der Waals surface area contributed by atoms with E-state index in [1.807, 2.05) is 12.1 Å². The molecule has 36 heavy (non-hydrogen) atoms. The monoisotopic (exact) mass is 517 g/mol. The van der Waals surface area contributed by atoms with Crippen LogP contribution in [0.15, 0.2) is 65.6 Å². The maximum absolute atomic E-state index is 12.3. The van der Waals surface area contributed by atoms with Gasteiger partial charge in [0.25, 0.3) is 0 Å². The van der Waals surface area contributed by atoms with Gasteiger partial charge in [-0.2, -0.15) is 0 Å². The number of sulfone groups is 1. The van der Waals surface area contributed by atoms with Gasteiger partial charge in [0.15, 0.2) is 9.84 Å². The molecule has 9 heteroatoms. The molecule has 2 aromatic carbocycles. The van der Waals surface area contributed by atoms with E-state index >= 15 is 0 Å². The van der Waals surface area contributed by atoms with E-state index in [1.165, 1.54) is 24.9 Å². The van der Waals surface area contributed by atoms with Crippen molar-refractivity contribution >= 4 is 21.8 Å². The van der Waals surface area contributed by atoms with E-state index in [2.05, 4.69) is 36.1 Å². The van der Waals surface area contributed by atoms with Crippen LogP contribution in [-0.2, 0) is 30.6 Å². The molecule has 0 saturated carbocycles. The average Bonchev–Trinajstić information content (AvgIpc) is 3.27. The van der Waals surface area contributed by atoms with E-state index < -0.39 is 21.8 Å². The zero-order chi connectivity index (χ0) is 26.6. The lowest BCUT2D eigenvalue weighted by Gasteiger charge is -2.20. The van der Waals surface area contributed by atoms with Crippen molar-refractivity contribution in [2.24, 2.45) is 0 Å². The van der Waals surface area contributed by atoms with Gasteiger partial charge in [-0.15, -0.1) is 0 Å². The molecule has 8 nitrogen and oxygen atoms in total. The quantitative estimate of drug-likeness (QED) is 0.340. The number of methoxy groups -OCH3 is 1. The largest absolute Gasteiger partial charge is 0.478 e. The fourth-order valence-corrected chi connectivity index (χ4v) is 5.25. The minimum absolute atomic E-state index is 0.116. The van der Waals surface area contributed by atoms with E-state index in [1.54, 1.807) is 19.2 Å². The minimum atomic E-state index is -3.24. The topological polar surface area (TPSA) is 121 Å². The first-order valence-electron chi connectivity index (χ1n) is 11.9. The highest BCUT2D eigenvalue weighted by molar-refractivity contribution is 7.91. The summed E-state index contributed by atoms with van der Waals surface area (Å²) in [5.41, 5.74) is 3.50. The van der Waals surface area contributed by atoms with E-state index in [0.717, 1.165) is 24.1 Å². The fourth-order valence-electron chi connectivity index (χ4n) is 3.97. The maximum atomic E-state index is 12.3.